The fraction of sp³-hybridized carbons (Fsp3) is 1.00. The summed E-state index contributed by atoms with van der Waals surface area (Å²) in [4.78, 5) is 33.5. The maximum atomic E-state index is 10.4. The van der Waals surface area contributed by atoms with Gasteiger partial charge < -0.3 is 19.6 Å². The van der Waals surface area contributed by atoms with Gasteiger partial charge in [-0.2, -0.15) is 0 Å². The zero-order valence-electron chi connectivity index (χ0n) is 5.78. The molecule has 0 aliphatic heterocycles. The van der Waals surface area contributed by atoms with Crippen LogP contribution in [0.25, 0.3) is 0 Å². The Bertz CT molecular complexity index is 212. The fourth-order valence-electron chi connectivity index (χ4n) is 0.451. The van der Waals surface area contributed by atoms with Gasteiger partial charge in [-0.3, -0.25) is 9.13 Å². The van der Waals surface area contributed by atoms with Crippen molar-refractivity contribution in [3.63, 3.8) is 0 Å². The van der Waals surface area contributed by atoms with Crippen LogP contribution in [0.1, 0.15) is 6.92 Å². The van der Waals surface area contributed by atoms with Gasteiger partial charge in [-0.05, 0) is 0 Å². The lowest BCUT2D eigenvalue weighted by Crippen LogP contribution is -2.09. The second-order valence-electron chi connectivity index (χ2n) is 2.29. The van der Waals surface area contributed by atoms with Crippen molar-refractivity contribution in [3.8, 4) is 0 Å². The minimum Gasteiger partial charge on any atom is -0.324 e. The monoisotopic (exact) mass is 204 g/mol. The molecule has 0 saturated heterocycles. The van der Waals surface area contributed by atoms with Crippen LogP contribution in [0.2, 0.25) is 0 Å². The third-order valence-electron chi connectivity index (χ3n) is 1.08. The highest BCUT2D eigenvalue weighted by Crippen LogP contribution is 2.48. The Kier molecular flexibility index (Phi) is 3.44. The van der Waals surface area contributed by atoms with Crippen LogP contribution in [-0.4, -0.2) is 31.4 Å². The van der Waals surface area contributed by atoms with Crippen molar-refractivity contribution in [2.75, 3.05) is 6.16 Å². The Balaban J connectivity index is 4.22. The van der Waals surface area contributed by atoms with Gasteiger partial charge in [0.2, 0.25) is 0 Å². The largest absolute Gasteiger partial charge is 0.328 e. The molecule has 0 spiro atoms. The lowest BCUT2D eigenvalue weighted by atomic mass is 10.6. The summed E-state index contributed by atoms with van der Waals surface area (Å²) in [5.41, 5.74) is -1.29. The molecule has 11 heavy (non-hydrogen) atoms. The van der Waals surface area contributed by atoms with E-state index >= 15 is 0 Å². The molecule has 68 valence electrons. The van der Waals surface area contributed by atoms with Gasteiger partial charge in [-0.15, -0.1) is 0 Å². The summed E-state index contributed by atoms with van der Waals surface area (Å²) in [6.45, 7) is 1.10. The molecule has 0 bridgehead atoms. The summed E-state index contributed by atoms with van der Waals surface area (Å²) in [7, 11) is -8.66. The van der Waals surface area contributed by atoms with Crippen LogP contribution in [0.4, 0.5) is 0 Å². The molecule has 0 fully saturated rings. The first-order valence-corrected chi connectivity index (χ1v) is 6.20. The van der Waals surface area contributed by atoms with Crippen LogP contribution in [0.5, 0.6) is 0 Å². The van der Waals surface area contributed by atoms with Gasteiger partial charge in [0.05, 0.1) is 11.8 Å². The first kappa shape index (κ1) is 11.3. The van der Waals surface area contributed by atoms with Gasteiger partial charge in [0.15, 0.2) is 0 Å². The van der Waals surface area contributed by atoms with E-state index < -0.39 is 27.0 Å². The predicted molar refractivity (Wildman–Crippen MR) is 38.4 cm³/mol. The Hall–Kier alpha value is 0.300. The van der Waals surface area contributed by atoms with Crippen molar-refractivity contribution >= 4 is 15.2 Å². The lowest BCUT2D eigenvalue weighted by molar-refractivity contribution is 0.349. The normalized spacial score (nSPS) is 16.5. The zero-order valence-corrected chi connectivity index (χ0v) is 7.57. The summed E-state index contributed by atoms with van der Waals surface area (Å²) in [5, 5.41) is 0. The highest BCUT2D eigenvalue weighted by atomic mass is 31.2. The molecule has 0 aliphatic carbocycles. The molecular formula is C3H10O6P2. The molecule has 4 N–H and O–H groups in total. The molecule has 0 aromatic carbocycles. The molecule has 8 heteroatoms. The van der Waals surface area contributed by atoms with E-state index in [4.69, 9.17) is 19.6 Å². The molecule has 0 aromatic heterocycles. The third-order valence-corrected chi connectivity index (χ3v) is 3.72. The number of hydrogen-bond acceptors (Lipinski definition) is 2. The molecule has 0 amide bonds. The molecule has 0 heterocycles. The van der Waals surface area contributed by atoms with Crippen LogP contribution in [0.3, 0.4) is 0 Å². The lowest BCUT2D eigenvalue weighted by Gasteiger charge is -2.13. The van der Waals surface area contributed by atoms with E-state index in [1.807, 2.05) is 0 Å². The maximum absolute atomic E-state index is 10.4. The fourth-order valence-corrected chi connectivity index (χ4v) is 2.63. The molecular weight excluding hydrogens is 194 g/mol. The Morgan fingerprint density at radius 3 is 1.64 bits per heavy atom. The topological polar surface area (TPSA) is 115 Å². The summed E-state index contributed by atoms with van der Waals surface area (Å²) in [6, 6.07) is 0. The average Bonchev–Trinajstić information content (AvgIpc) is 1.56. The number of hydrogen-bond donors (Lipinski definition) is 4. The molecule has 1 unspecified atom stereocenters. The molecule has 6 nitrogen and oxygen atoms in total. The van der Waals surface area contributed by atoms with Crippen molar-refractivity contribution < 1.29 is 28.7 Å². The van der Waals surface area contributed by atoms with Gasteiger partial charge in [0.25, 0.3) is 0 Å². The smallest absolute Gasteiger partial charge is 0.324 e. The minimum atomic E-state index is -4.35. The molecule has 0 aliphatic rings. The van der Waals surface area contributed by atoms with Crippen molar-refractivity contribution in [1.82, 2.24) is 0 Å². The molecule has 0 radical (unpaired) electrons. The number of rotatable bonds is 3. The van der Waals surface area contributed by atoms with E-state index in [0.29, 0.717) is 0 Å². The van der Waals surface area contributed by atoms with Gasteiger partial charge >= 0.3 is 15.2 Å². The highest BCUT2D eigenvalue weighted by Gasteiger charge is 2.30. The van der Waals surface area contributed by atoms with E-state index in [9.17, 15) is 9.13 Å². The van der Waals surface area contributed by atoms with Crippen LogP contribution >= 0.6 is 15.2 Å². The quantitative estimate of drug-likeness (QED) is 0.470. The maximum Gasteiger partial charge on any atom is 0.328 e. The van der Waals surface area contributed by atoms with E-state index in [-0.39, 0.29) is 0 Å². The van der Waals surface area contributed by atoms with Gasteiger partial charge in [-0.1, -0.05) is 6.92 Å². The van der Waals surface area contributed by atoms with Crippen LogP contribution in [-0.2, 0) is 9.13 Å². The predicted octanol–water partition coefficient (Wildman–Crippen LogP) is -0.270. The molecule has 0 saturated carbocycles. The van der Waals surface area contributed by atoms with E-state index in [2.05, 4.69) is 0 Å². The van der Waals surface area contributed by atoms with Gasteiger partial charge in [0, 0.05) is 0 Å². The van der Waals surface area contributed by atoms with Crippen LogP contribution in [0, 0.1) is 0 Å². The van der Waals surface area contributed by atoms with Crippen molar-refractivity contribution in [1.29, 1.82) is 0 Å². The van der Waals surface area contributed by atoms with Gasteiger partial charge in [0.1, 0.15) is 0 Å². The van der Waals surface area contributed by atoms with Gasteiger partial charge in [-0.25, -0.2) is 0 Å². The van der Waals surface area contributed by atoms with Crippen molar-refractivity contribution in [2.24, 2.45) is 0 Å². The Morgan fingerprint density at radius 1 is 1.18 bits per heavy atom. The van der Waals surface area contributed by atoms with Crippen LogP contribution in [0.15, 0.2) is 0 Å². The summed E-state index contributed by atoms with van der Waals surface area (Å²) >= 11 is 0. The zero-order chi connectivity index (χ0) is 9.28. The summed E-state index contributed by atoms with van der Waals surface area (Å²) < 4.78 is 20.6. The second-order valence-corrected chi connectivity index (χ2v) is 6.04. The third kappa shape index (κ3) is 5.56. The van der Waals surface area contributed by atoms with Crippen molar-refractivity contribution in [3.05, 3.63) is 0 Å². The van der Waals surface area contributed by atoms with Crippen LogP contribution < -0.4 is 0 Å². The Morgan fingerprint density at radius 2 is 1.55 bits per heavy atom. The van der Waals surface area contributed by atoms with E-state index in [0.717, 1.165) is 6.92 Å². The Labute approximate surface area is 63.6 Å². The second kappa shape index (κ2) is 3.35. The van der Waals surface area contributed by atoms with E-state index in [1.165, 1.54) is 0 Å². The van der Waals surface area contributed by atoms with Crippen molar-refractivity contribution in [2.45, 2.75) is 12.6 Å². The summed E-state index contributed by atoms with van der Waals surface area (Å²) in [5.74, 6) is 0. The standard InChI is InChI=1S/C3H10O6P2/c1-3(11(7,8)9)2-10(4,5)6/h3H,2H2,1H3,(H2,4,5,6)(H2,7,8,9). The molecule has 0 aromatic rings. The summed E-state index contributed by atoms with van der Waals surface area (Å²) in [6.07, 6.45) is -0.780. The highest BCUT2D eigenvalue weighted by molar-refractivity contribution is 7.56. The first-order chi connectivity index (χ1) is 4.63. The minimum absolute atomic E-state index is 0.780. The first-order valence-electron chi connectivity index (χ1n) is 2.73. The SMILES string of the molecule is CC(CP(=O)(O)O)P(=O)(O)O. The average molecular weight is 204 g/mol. The van der Waals surface area contributed by atoms with E-state index in [1.54, 1.807) is 0 Å². The molecule has 0 rings (SSSR count). The molecule has 1 atom stereocenters.